The molecule has 0 radical (unpaired) electrons. The molecule has 2 fully saturated rings. The summed E-state index contributed by atoms with van der Waals surface area (Å²) in [5.74, 6) is 1.56. The van der Waals surface area contributed by atoms with Crippen molar-refractivity contribution < 1.29 is 5.11 Å². The SMILES string of the molecule is OCCN1CCC(CNC2C[C@@H]2c2ccccc2)CC1. The van der Waals surface area contributed by atoms with Gasteiger partial charge in [-0.1, -0.05) is 30.3 Å². The largest absolute Gasteiger partial charge is 0.395 e. The molecular weight excluding hydrogens is 248 g/mol. The Morgan fingerprint density at radius 1 is 1.15 bits per heavy atom. The van der Waals surface area contributed by atoms with Crippen LogP contribution in [-0.2, 0) is 0 Å². The summed E-state index contributed by atoms with van der Waals surface area (Å²) in [5.41, 5.74) is 1.49. The van der Waals surface area contributed by atoms with Gasteiger partial charge in [0.1, 0.15) is 0 Å². The van der Waals surface area contributed by atoms with Gasteiger partial charge in [-0.05, 0) is 50.4 Å². The van der Waals surface area contributed by atoms with E-state index in [1.54, 1.807) is 0 Å². The number of likely N-dealkylation sites (tertiary alicyclic amines) is 1. The number of nitrogens with one attached hydrogen (secondary N) is 1. The lowest BCUT2D eigenvalue weighted by molar-refractivity contribution is 0.146. The number of hydrogen-bond acceptors (Lipinski definition) is 3. The van der Waals surface area contributed by atoms with Crippen molar-refractivity contribution in [2.24, 2.45) is 5.92 Å². The number of rotatable bonds is 6. The van der Waals surface area contributed by atoms with Crippen molar-refractivity contribution in [2.75, 3.05) is 32.8 Å². The van der Waals surface area contributed by atoms with E-state index in [-0.39, 0.29) is 0 Å². The van der Waals surface area contributed by atoms with E-state index in [0.29, 0.717) is 12.6 Å². The van der Waals surface area contributed by atoms with Gasteiger partial charge in [0.25, 0.3) is 0 Å². The Labute approximate surface area is 122 Å². The van der Waals surface area contributed by atoms with E-state index < -0.39 is 0 Å². The molecule has 0 aromatic heterocycles. The third kappa shape index (κ3) is 3.60. The van der Waals surface area contributed by atoms with Crippen molar-refractivity contribution in [3.63, 3.8) is 0 Å². The Hall–Kier alpha value is -0.900. The minimum absolute atomic E-state index is 0.295. The topological polar surface area (TPSA) is 35.5 Å². The number of hydrogen-bond donors (Lipinski definition) is 2. The van der Waals surface area contributed by atoms with Gasteiger partial charge in [0.15, 0.2) is 0 Å². The lowest BCUT2D eigenvalue weighted by Crippen LogP contribution is -2.39. The summed E-state index contributed by atoms with van der Waals surface area (Å²) in [6.45, 7) is 4.61. The molecule has 0 spiro atoms. The first-order valence-electron chi connectivity index (χ1n) is 7.98. The molecule has 2 aliphatic rings. The second-order valence-corrected chi connectivity index (χ2v) is 6.28. The summed E-state index contributed by atoms with van der Waals surface area (Å²) < 4.78 is 0. The van der Waals surface area contributed by atoms with Gasteiger partial charge in [-0.25, -0.2) is 0 Å². The van der Waals surface area contributed by atoms with Crippen molar-refractivity contribution in [3.8, 4) is 0 Å². The summed E-state index contributed by atoms with van der Waals surface area (Å²) >= 11 is 0. The highest BCUT2D eigenvalue weighted by atomic mass is 16.3. The smallest absolute Gasteiger partial charge is 0.0558 e. The minimum Gasteiger partial charge on any atom is -0.395 e. The molecule has 1 aliphatic heterocycles. The van der Waals surface area contributed by atoms with Gasteiger partial charge < -0.3 is 15.3 Å². The first-order valence-corrected chi connectivity index (χ1v) is 7.98. The van der Waals surface area contributed by atoms with Crippen molar-refractivity contribution in [2.45, 2.75) is 31.2 Å². The number of nitrogens with zero attached hydrogens (tertiary/aromatic N) is 1. The molecule has 110 valence electrons. The molecular formula is C17H26N2O. The third-order valence-electron chi connectivity index (χ3n) is 4.81. The third-order valence-corrected chi connectivity index (χ3v) is 4.81. The van der Waals surface area contributed by atoms with Crippen LogP contribution in [-0.4, -0.2) is 48.8 Å². The molecule has 1 aromatic rings. The van der Waals surface area contributed by atoms with E-state index in [9.17, 15) is 0 Å². The predicted molar refractivity (Wildman–Crippen MR) is 81.8 cm³/mol. The van der Waals surface area contributed by atoms with Crippen molar-refractivity contribution in [1.29, 1.82) is 0 Å². The molecule has 1 heterocycles. The van der Waals surface area contributed by atoms with Crippen LogP contribution in [0.2, 0.25) is 0 Å². The highest BCUT2D eigenvalue weighted by Gasteiger charge is 2.38. The van der Waals surface area contributed by atoms with Crippen LogP contribution in [0.4, 0.5) is 0 Å². The van der Waals surface area contributed by atoms with Crippen LogP contribution in [0.25, 0.3) is 0 Å². The maximum absolute atomic E-state index is 8.95. The molecule has 3 heteroatoms. The monoisotopic (exact) mass is 274 g/mol. The molecule has 1 saturated heterocycles. The zero-order valence-corrected chi connectivity index (χ0v) is 12.2. The second kappa shape index (κ2) is 6.70. The van der Waals surface area contributed by atoms with E-state index in [4.69, 9.17) is 5.11 Å². The van der Waals surface area contributed by atoms with Gasteiger partial charge in [-0.15, -0.1) is 0 Å². The summed E-state index contributed by atoms with van der Waals surface area (Å²) in [7, 11) is 0. The Kier molecular flexibility index (Phi) is 4.71. The fraction of sp³-hybridized carbons (Fsp3) is 0.647. The minimum atomic E-state index is 0.295. The lowest BCUT2D eigenvalue weighted by atomic mass is 9.97. The standard InChI is InChI=1S/C17H26N2O/c20-11-10-19-8-6-14(7-9-19)13-18-17-12-16(17)15-4-2-1-3-5-15/h1-5,14,16-18,20H,6-13H2/t16-,17?/m1/s1. The van der Waals surface area contributed by atoms with E-state index in [1.165, 1.54) is 31.4 Å². The normalized spacial score (nSPS) is 27.6. The average molecular weight is 274 g/mol. The van der Waals surface area contributed by atoms with Crippen LogP contribution in [0.15, 0.2) is 30.3 Å². The predicted octanol–water partition coefficient (Wildman–Crippen LogP) is 1.84. The Balaban J connectivity index is 1.36. The summed E-state index contributed by atoms with van der Waals surface area (Å²) in [6, 6.07) is 11.6. The van der Waals surface area contributed by atoms with Crippen molar-refractivity contribution in [1.82, 2.24) is 10.2 Å². The number of β-amino-alcohol motifs (C(OH)–C–C–N with tert-alkyl or cyclic N) is 1. The van der Waals surface area contributed by atoms with E-state index in [0.717, 1.165) is 31.5 Å². The average Bonchev–Trinajstić information content (AvgIpc) is 3.27. The molecule has 1 saturated carbocycles. The first kappa shape index (κ1) is 14.1. The zero-order chi connectivity index (χ0) is 13.8. The number of benzene rings is 1. The van der Waals surface area contributed by atoms with Gasteiger partial charge in [-0.3, -0.25) is 0 Å². The molecule has 0 amide bonds. The first-order chi connectivity index (χ1) is 9.86. The molecule has 2 N–H and O–H groups in total. The molecule has 1 unspecified atom stereocenters. The zero-order valence-electron chi connectivity index (χ0n) is 12.2. The number of aliphatic hydroxyl groups excluding tert-OH is 1. The van der Waals surface area contributed by atoms with Crippen LogP contribution in [0.5, 0.6) is 0 Å². The molecule has 1 aromatic carbocycles. The van der Waals surface area contributed by atoms with Crippen molar-refractivity contribution >= 4 is 0 Å². The molecule has 2 atom stereocenters. The highest BCUT2D eigenvalue weighted by molar-refractivity contribution is 5.27. The van der Waals surface area contributed by atoms with Crippen LogP contribution < -0.4 is 5.32 Å². The van der Waals surface area contributed by atoms with Crippen LogP contribution >= 0.6 is 0 Å². The molecule has 1 aliphatic carbocycles. The quantitative estimate of drug-likeness (QED) is 0.831. The van der Waals surface area contributed by atoms with Gasteiger partial charge in [0, 0.05) is 18.5 Å². The van der Waals surface area contributed by atoms with Crippen LogP contribution in [0.3, 0.4) is 0 Å². The Morgan fingerprint density at radius 3 is 2.60 bits per heavy atom. The highest BCUT2D eigenvalue weighted by Crippen LogP contribution is 2.40. The van der Waals surface area contributed by atoms with E-state index >= 15 is 0 Å². The lowest BCUT2D eigenvalue weighted by Gasteiger charge is -2.31. The van der Waals surface area contributed by atoms with Crippen LogP contribution in [0.1, 0.15) is 30.7 Å². The Bertz CT molecular complexity index is 401. The van der Waals surface area contributed by atoms with E-state index in [2.05, 4.69) is 40.5 Å². The number of aliphatic hydroxyl groups is 1. The Morgan fingerprint density at radius 2 is 1.90 bits per heavy atom. The molecule has 20 heavy (non-hydrogen) atoms. The van der Waals surface area contributed by atoms with Gasteiger partial charge >= 0.3 is 0 Å². The van der Waals surface area contributed by atoms with Gasteiger partial charge in [-0.2, -0.15) is 0 Å². The summed E-state index contributed by atoms with van der Waals surface area (Å²) in [4.78, 5) is 2.38. The number of piperidine rings is 1. The summed E-state index contributed by atoms with van der Waals surface area (Å²) in [5, 5.41) is 12.7. The van der Waals surface area contributed by atoms with Gasteiger partial charge in [0.2, 0.25) is 0 Å². The van der Waals surface area contributed by atoms with E-state index in [1.807, 2.05) is 0 Å². The fourth-order valence-corrected chi connectivity index (χ4v) is 3.36. The maximum Gasteiger partial charge on any atom is 0.0558 e. The molecule has 0 bridgehead atoms. The molecule has 3 nitrogen and oxygen atoms in total. The second-order valence-electron chi connectivity index (χ2n) is 6.28. The van der Waals surface area contributed by atoms with Gasteiger partial charge in [0.05, 0.1) is 6.61 Å². The van der Waals surface area contributed by atoms with Crippen LogP contribution in [0, 0.1) is 5.92 Å². The molecule has 3 rings (SSSR count). The maximum atomic E-state index is 8.95. The summed E-state index contributed by atoms with van der Waals surface area (Å²) in [6.07, 6.45) is 3.85. The fourth-order valence-electron chi connectivity index (χ4n) is 3.36. The van der Waals surface area contributed by atoms with Crippen molar-refractivity contribution in [3.05, 3.63) is 35.9 Å².